The van der Waals surface area contributed by atoms with Gasteiger partial charge in [0.25, 0.3) is 5.60 Å². The number of aromatic nitrogens is 1. The van der Waals surface area contributed by atoms with Crippen LogP contribution >= 0.6 is 0 Å². The molecule has 0 atom stereocenters. The van der Waals surface area contributed by atoms with Crippen molar-refractivity contribution in [1.29, 1.82) is 5.41 Å². The molecule has 30 heavy (non-hydrogen) atoms. The third kappa shape index (κ3) is 4.46. The van der Waals surface area contributed by atoms with Gasteiger partial charge < -0.3 is 21.6 Å². The van der Waals surface area contributed by atoms with Crippen molar-refractivity contribution in [2.24, 2.45) is 5.73 Å². The van der Waals surface area contributed by atoms with Gasteiger partial charge in [-0.2, -0.15) is 26.3 Å². The predicted molar refractivity (Wildman–Crippen MR) is 100 cm³/mol. The molecule has 0 unspecified atom stereocenters. The van der Waals surface area contributed by atoms with Gasteiger partial charge in [-0.15, -0.1) is 0 Å². The second-order valence-corrected chi connectivity index (χ2v) is 5.99. The summed E-state index contributed by atoms with van der Waals surface area (Å²) in [5.41, 5.74) is 0.879. The normalized spacial score (nSPS) is 13.5. The van der Waals surface area contributed by atoms with Crippen LogP contribution < -0.4 is 11.1 Å². The second kappa shape index (κ2) is 8.57. The molecule has 0 bridgehead atoms. The minimum atomic E-state index is -5.94. The van der Waals surface area contributed by atoms with Gasteiger partial charge in [-0.25, -0.2) is 0 Å². The lowest BCUT2D eigenvalue weighted by atomic mass is 9.92. The van der Waals surface area contributed by atoms with E-state index in [1.807, 2.05) is 0 Å². The molecule has 0 aliphatic rings. The first-order chi connectivity index (χ1) is 14.0. The van der Waals surface area contributed by atoms with Crippen molar-refractivity contribution in [2.75, 3.05) is 5.32 Å². The molecule has 0 radical (unpaired) electrons. The highest BCUT2D eigenvalue weighted by Gasteiger charge is 2.71. The molecule has 1 aromatic heterocycles. The first-order valence-electron chi connectivity index (χ1n) is 8.22. The molecular formula is C19H16F6N4O. The number of nitrogens with two attached hydrogens (primary N) is 1. The van der Waals surface area contributed by atoms with E-state index < -0.39 is 23.5 Å². The molecule has 11 heteroatoms. The van der Waals surface area contributed by atoms with E-state index in [4.69, 9.17) is 11.1 Å². The first-order valence-corrected chi connectivity index (χ1v) is 8.22. The van der Waals surface area contributed by atoms with Crippen molar-refractivity contribution in [3.63, 3.8) is 0 Å². The summed E-state index contributed by atoms with van der Waals surface area (Å²) in [5.74, 6) is 0. The Bertz CT molecular complexity index is 935. The summed E-state index contributed by atoms with van der Waals surface area (Å²) in [5, 5.41) is 19.4. The smallest absolute Gasteiger partial charge is 0.404 e. The minimum absolute atomic E-state index is 0.175. The monoisotopic (exact) mass is 430 g/mol. The van der Waals surface area contributed by atoms with Gasteiger partial charge in [-0.05, 0) is 29.8 Å². The summed E-state index contributed by atoms with van der Waals surface area (Å²) < 4.78 is 77.4. The molecule has 5 nitrogen and oxygen atoms in total. The van der Waals surface area contributed by atoms with E-state index in [1.165, 1.54) is 30.9 Å². The molecule has 0 amide bonds. The third-order valence-electron chi connectivity index (χ3n) is 4.13. The summed E-state index contributed by atoms with van der Waals surface area (Å²) in [4.78, 5) is 3.94. The van der Waals surface area contributed by atoms with Crippen molar-refractivity contribution in [2.45, 2.75) is 18.0 Å². The topological polar surface area (TPSA) is 95.0 Å². The Labute approximate surface area is 167 Å². The van der Waals surface area contributed by atoms with E-state index >= 15 is 0 Å². The quantitative estimate of drug-likeness (QED) is 0.403. The van der Waals surface area contributed by atoms with Crippen molar-refractivity contribution >= 4 is 23.6 Å². The number of anilines is 1. The molecule has 2 aromatic rings. The number of aliphatic hydroxyl groups is 1. The van der Waals surface area contributed by atoms with Crippen LogP contribution in [-0.4, -0.2) is 28.7 Å². The number of halogens is 6. The molecule has 0 aliphatic carbocycles. The van der Waals surface area contributed by atoms with E-state index in [9.17, 15) is 31.4 Å². The highest BCUT2D eigenvalue weighted by Crippen LogP contribution is 2.50. The van der Waals surface area contributed by atoms with Crippen LogP contribution in [0.1, 0.15) is 16.7 Å². The van der Waals surface area contributed by atoms with Crippen molar-refractivity contribution in [1.82, 2.24) is 4.98 Å². The number of nitrogens with one attached hydrogen (secondary N) is 2. The zero-order valence-electron chi connectivity index (χ0n) is 15.1. The minimum Gasteiger partial charge on any atom is -0.404 e. The molecule has 2 rings (SSSR count). The summed E-state index contributed by atoms with van der Waals surface area (Å²) >= 11 is 0. The van der Waals surface area contributed by atoms with Gasteiger partial charge >= 0.3 is 12.4 Å². The highest BCUT2D eigenvalue weighted by molar-refractivity contribution is 6.09. The Morgan fingerprint density at radius 1 is 1.03 bits per heavy atom. The number of alkyl halides is 6. The van der Waals surface area contributed by atoms with E-state index in [-0.39, 0.29) is 5.69 Å². The highest BCUT2D eigenvalue weighted by atomic mass is 19.4. The standard InChI is InChI=1S/C19H16F6N4O/c20-18(21,22)17(30,19(23,24)25)14-1-3-15(4-2-14)29-8-5-12-11-28-7-6-16(12)13(9-26)10-27/h1-11,26,29-30H,27H2/b8-5+,13-10?,26-9?. The lowest BCUT2D eigenvalue weighted by Crippen LogP contribution is -2.53. The van der Waals surface area contributed by atoms with Crippen molar-refractivity contribution < 1.29 is 31.4 Å². The molecule has 0 spiro atoms. The average Bonchev–Trinajstić information content (AvgIpc) is 2.68. The van der Waals surface area contributed by atoms with Crippen LogP contribution in [0, 0.1) is 5.41 Å². The Morgan fingerprint density at radius 2 is 1.63 bits per heavy atom. The number of pyridine rings is 1. The summed E-state index contributed by atoms with van der Waals surface area (Å²) in [7, 11) is 0. The van der Waals surface area contributed by atoms with Crippen LogP contribution in [0.15, 0.2) is 55.1 Å². The molecule has 0 saturated heterocycles. The Kier molecular flexibility index (Phi) is 6.56. The van der Waals surface area contributed by atoms with Gasteiger partial charge in [-0.3, -0.25) is 4.98 Å². The molecule has 0 aliphatic heterocycles. The SMILES string of the molecule is N=CC(=CN)c1ccncc1/C=C/Nc1ccc(C(O)(C(F)(F)F)C(F)(F)F)cc1. The first kappa shape index (κ1) is 22.9. The van der Waals surface area contributed by atoms with Crippen LogP contribution in [0.5, 0.6) is 0 Å². The fourth-order valence-electron chi connectivity index (χ4n) is 2.54. The van der Waals surface area contributed by atoms with Gasteiger partial charge in [0.2, 0.25) is 0 Å². The fraction of sp³-hybridized carbons (Fsp3) is 0.158. The number of hydrogen-bond donors (Lipinski definition) is 4. The average molecular weight is 430 g/mol. The zero-order chi connectivity index (χ0) is 22.6. The van der Waals surface area contributed by atoms with Gasteiger partial charge in [0.1, 0.15) is 0 Å². The Hall–Kier alpha value is -3.34. The number of nitrogens with zero attached hydrogens (tertiary/aromatic N) is 1. The van der Waals surface area contributed by atoms with Gasteiger partial charge in [-0.1, -0.05) is 12.1 Å². The van der Waals surface area contributed by atoms with Crippen LogP contribution in [-0.2, 0) is 5.60 Å². The summed E-state index contributed by atoms with van der Waals surface area (Å²) in [6.45, 7) is 0. The van der Waals surface area contributed by atoms with Crippen molar-refractivity contribution in [3.05, 3.63) is 71.8 Å². The van der Waals surface area contributed by atoms with E-state index in [1.54, 1.807) is 6.07 Å². The molecule has 5 N–H and O–H groups in total. The number of rotatable bonds is 6. The maximum Gasteiger partial charge on any atom is 0.430 e. The largest absolute Gasteiger partial charge is 0.430 e. The van der Waals surface area contributed by atoms with Gasteiger partial charge in [0.05, 0.1) is 0 Å². The number of allylic oxidation sites excluding steroid dienone is 1. The molecule has 160 valence electrons. The van der Waals surface area contributed by atoms with Crippen LogP contribution in [0.3, 0.4) is 0 Å². The third-order valence-corrected chi connectivity index (χ3v) is 4.13. The zero-order valence-corrected chi connectivity index (χ0v) is 15.1. The molecule has 1 heterocycles. The maximum absolute atomic E-state index is 12.9. The molecule has 0 saturated carbocycles. The van der Waals surface area contributed by atoms with Crippen molar-refractivity contribution in [3.8, 4) is 0 Å². The summed E-state index contributed by atoms with van der Waals surface area (Å²) in [6, 6.07) is 4.63. The maximum atomic E-state index is 12.9. The van der Waals surface area contributed by atoms with Crippen LogP contribution in [0.4, 0.5) is 32.0 Å². The fourth-order valence-corrected chi connectivity index (χ4v) is 2.54. The van der Waals surface area contributed by atoms with E-state index in [0.29, 0.717) is 28.8 Å². The Balaban J connectivity index is 2.25. The van der Waals surface area contributed by atoms with E-state index in [0.717, 1.165) is 18.3 Å². The second-order valence-electron chi connectivity index (χ2n) is 5.99. The number of benzene rings is 1. The predicted octanol–water partition coefficient (Wildman–Crippen LogP) is 4.43. The molecule has 0 fully saturated rings. The van der Waals surface area contributed by atoms with Crippen LogP contribution in [0.25, 0.3) is 11.6 Å². The lowest BCUT2D eigenvalue weighted by Gasteiger charge is -2.32. The molecular weight excluding hydrogens is 414 g/mol. The van der Waals surface area contributed by atoms with Gasteiger partial charge in [0, 0.05) is 53.4 Å². The van der Waals surface area contributed by atoms with Gasteiger partial charge in [0.15, 0.2) is 0 Å². The number of hydrogen-bond acceptors (Lipinski definition) is 5. The summed E-state index contributed by atoms with van der Waals surface area (Å²) in [6.07, 6.45) is -3.72. The molecule has 1 aromatic carbocycles. The Morgan fingerprint density at radius 3 is 2.13 bits per heavy atom. The van der Waals surface area contributed by atoms with E-state index in [2.05, 4.69) is 10.3 Å². The lowest BCUT2D eigenvalue weighted by molar-refractivity contribution is -0.376. The van der Waals surface area contributed by atoms with Crippen LogP contribution in [0.2, 0.25) is 0 Å².